The number of fused-ring (bicyclic) bond motifs is 2. The SMILES string of the molecule is CO[C@H]1C[C@H](C)[C@@H](O)c2cc(F)cc(c2)NC(=O)C(C)=CCC[C@H](C)[C@@H](OC(N)=O)C(C)=C[C@H](C)[C@H]1O. The third-order valence-corrected chi connectivity index (χ3v) is 7.05. The molecule has 2 amide bonds. The Labute approximate surface area is 218 Å². The van der Waals surface area contributed by atoms with E-state index in [0.29, 0.717) is 24.0 Å². The number of carbonyl (C=O) groups excluding carboxylic acids is 2. The van der Waals surface area contributed by atoms with Crippen LogP contribution in [-0.4, -0.2) is 47.6 Å². The minimum atomic E-state index is -1.06. The summed E-state index contributed by atoms with van der Waals surface area (Å²) in [5.41, 5.74) is 7.07. The molecule has 2 rings (SSSR count). The molecule has 206 valence electrons. The highest BCUT2D eigenvalue weighted by Gasteiger charge is 2.30. The summed E-state index contributed by atoms with van der Waals surface area (Å²) in [6.45, 7) is 9.02. The number of hydrogen-bond acceptors (Lipinski definition) is 6. The first kappa shape index (κ1) is 30.5. The lowest BCUT2D eigenvalue weighted by Gasteiger charge is -2.30. The summed E-state index contributed by atoms with van der Waals surface area (Å²) in [4.78, 5) is 24.3. The number of nitrogens with two attached hydrogens (primary N) is 1. The van der Waals surface area contributed by atoms with Crippen molar-refractivity contribution in [3.8, 4) is 0 Å². The molecular weight excluding hydrogens is 479 g/mol. The van der Waals surface area contributed by atoms with Crippen LogP contribution >= 0.6 is 0 Å². The number of hydrogen-bond donors (Lipinski definition) is 4. The van der Waals surface area contributed by atoms with Crippen molar-refractivity contribution in [2.45, 2.75) is 78.3 Å². The van der Waals surface area contributed by atoms with Crippen molar-refractivity contribution in [2.75, 3.05) is 12.4 Å². The van der Waals surface area contributed by atoms with E-state index in [1.165, 1.54) is 19.2 Å². The third-order valence-electron chi connectivity index (χ3n) is 7.05. The Kier molecular flexibility index (Phi) is 11.3. The standard InChI is InChI=1S/C28H41FN2O6/c1-15-8-7-9-16(2)27(34)31-22-13-20(12-21(29)14-22)24(32)18(4)11-23(36-6)25(33)17(3)10-19(5)26(15)37-28(30)35/h9-10,12-15,17-18,23-26,32-33H,7-8,11H2,1-6H3,(H2,30,35)(H,31,34)/t15-,17-,18-,23-,24+,25+,26+/m0/s1. The van der Waals surface area contributed by atoms with Gasteiger partial charge in [0, 0.05) is 24.3 Å². The van der Waals surface area contributed by atoms with E-state index < -0.39 is 42.2 Å². The van der Waals surface area contributed by atoms with Gasteiger partial charge < -0.3 is 30.7 Å². The van der Waals surface area contributed by atoms with E-state index in [1.54, 1.807) is 26.0 Å². The maximum Gasteiger partial charge on any atom is 0.405 e. The fourth-order valence-electron chi connectivity index (χ4n) is 4.82. The predicted molar refractivity (Wildman–Crippen MR) is 140 cm³/mol. The van der Waals surface area contributed by atoms with Crippen molar-refractivity contribution in [1.29, 1.82) is 0 Å². The molecule has 0 radical (unpaired) electrons. The van der Waals surface area contributed by atoms with E-state index in [9.17, 15) is 24.2 Å². The van der Waals surface area contributed by atoms with Gasteiger partial charge in [0.15, 0.2) is 0 Å². The summed E-state index contributed by atoms with van der Waals surface area (Å²) < 4.78 is 25.4. The Morgan fingerprint density at radius 3 is 2.43 bits per heavy atom. The second-order valence-corrected chi connectivity index (χ2v) is 10.2. The van der Waals surface area contributed by atoms with Gasteiger partial charge in [-0.3, -0.25) is 4.79 Å². The zero-order chi connectivity index (χ0) is 27.9. The molecule has 0 saturated heterocycles. The zero-order valence-electron chi connectivity index (χ0n) is 22.5. The quantitative estimate of drug-likeness (QED) is 0.421. The van der Waals surface area contributed by atoms with Crippen molar-refractivity contribution in [1.82, 2.24) is 0 Å². The van der Waals surface area contributed by atoms with Crippen molar-refractivity contribution in [3.05, 3.63) is 52.9 Å². The van der Waals surface area contributed by atoms with Crippen molar-refractivity contribution in [3.63, 3.8) is 0 Å². The van der Waals surface area contributed by atoms with Gasteiger partial charge in [0.25, 0.3) is 5.91 Å². The smallest absolute Gasteiger partial charge is 0.405 e. The van der Waals surface area contributed by atoms with Crippen LogP contribution in [0, 0.1) is 23.6 Å². The minimum Gasteiger partial charge on any atom is -0.442 e. The lowest BCUT2D eigenvalue weighted by atomic mass is 9.86. The van der Waals surface area contributed by atoms with Gasteiger partial charge in [0.05, 0.1) is 18.3 Å². The number of primary amides is 1. The molecule has 0 spiro atoms. The molecule has 0 fully saturated rings. The highest BCUT2D eigenvalue weighted by molar-refractivity contribution is 6.03. The third kappa shape index (κ3) is 8.66. The normalized spacial score (nSPS) is 30.6. The first-order valence-corrected chi connectivity index (χ1v) is 12.7. The van der Waals surface area contributed by atoms with Crippen LogP contribution in [0.2, 0.25) is 0 Å². The van der Waals surface area contributed by atoms with E-state index in [-0.39, 0.29) is 29.9 Å². The number of anilines is 1. The Balaban J connectivity index is 2.48. The van der Waals surface area contributed by atoms with Gasteiger partial charge in [0.1, 0.15) is 11.9 Å². The molecule has 1 heterocycles. The number of halogens is 1. The van der Waals surface area contributed by atoms with Gasteiger partial charge in [-0.05, 0) is 74.3 Å². The Bertz CT molecular complexity index is 1010. The molecule has 1 aromatic rings. The lowest BCUT2D eigenvalue weighted by Crippen LogP contribution is -2.36. The Morgan fingerprint density at radius 1 is 1.14 bits per heavy atom. The molecule has 2 bridgehead atoms. The average Bonchev–Trinajstić information content (AvgIpc) is 2.83. The molecule has 0 aromatic heterocycles. The Hall–Kier alpha value is -2.75. The summed E-state index contributed by atoms with van der Waals surface area (Å²) in [5.74, 6) is -1.87. The summed E-state index contributed by atoms with van der Waals surface area (Å²) >= 11 is 0. The molecule has 1 aromatic carbocycles. The summed E-state index contributed by atoms with van der Waals surface area (Å²) in [7, 11) is 1.48. The number of rotatable bonds is 2. The molecule has 37 heavy (non-hydrogen) atoms. The molecular formula is C28H41FN2O6. The number of benzene rings is 1. The molecule has 5 N–H and O–H groups in total. The number of ether oxygens (including phenoxy) is 2. The monoisotopic (exact) mass is 520 g/mol. The molecule has 0 unspecified atom stereocenters. The van der Waals surface area contributed by atoms with E-state index in [1.807, 2.05) is 26.8 Å². The summed E-state index contributed by atoms with van der Waals surface area (Å²) in [5, 5.41) is 24.7. The Morgan fingerprint density at radius 2 is 1.81 bits per heavy atom. The molecule has 1 aliphatic rings. The van der Waals surface area contributed by atoms with Crippen LogP contribution in [0.4, 0.5) is 14.9 Å². The maximum absolute atomic E-state index is 14.4. The largest absolute Gasteiger partial charge is 0.442 e. The van der Waals surface area contributed by atoms with Gasteiger partial charge >= 0.3 is 6.09 Å². The molecule has 1 aliphatic heterocycles. The van der Waals surface area contributed by atoms with Crippen molar-refractivity contribution in [2.24, 2.45) is 23.5 Å². The maximum atomic E-state index is 14.4. The van der Waals surface area contributed by atoms with Gasteiger partial charge in [-0.25, -0.2) is 9.18 Å². The lowest BCUT2D eigenvalue weighted by molar-refractivity contribution is -0.112. The number of aliphatic hydroxyl groups excluding tert-OH is 2. The highest BCUT2D eigenvalue weighted by atomic mass is 19.1. The first-order valence-electron chi connectivity index (χ1n) is 12.7. The van der Waals surface area contributed by atoms with E-state index >= 15 is 0 Å². The number of nitrogens with one attached hydrogen (secondary N) is 1. The van der Waals surface area contributed by atoms with Crippen LogP contribution in [0.5, 0.6) is 0 Å². The second kappa shape index (κ2) is 13.7. The second-order valence-electron chi connectivity index (χ2n) is 10.2. The minimum absolute atomic E-state index is 0.124. The fourth-order valence-corrected chi connectivity index (χ4v) is 4.82. The summed E-state index contributed by atoms with van der Waals surface area (Å²) in [6, 6.07) is 3.97. The van der Waals surface area contributed by atoms with Gasteiger partial charge in [0.2, 0.25) is 0 Å². The van der Waals surface area contributed by atoms with Crippen molar-refractivity contribution < 1.29 is 33.7 Å². The molecule has 8 nitrogen and oxygen atoms in total. The fraction of sp³-hybridized carbons (Fsp3) is 0.571. The van der Waals surface area contributed by atoms with Crippen molar-refractivity contribution >= 4 is 17.7 Å². The van der Waals surface area contributed by atoms with Crippen LogP contribution < -0.4 is 11.1 Å². The number of aliphatic hydroxyl groups is 2. The predicted octanol–water partition coefficient (Wildman–Crippen LogP) is 4.62. The highest BCUT2D eigenvalue weighted by Crippen LogP contribution is 2.31. The van der Waals surface area contributed by atoms with E-state index in [4.69, 9.17) is 15.2 Å². The number of amides is 2. The van der Waals surface area contributed by atoms with Crippen LogP contribution in [-0.2, 0) is 14.3 Å². The van der Waals surface area contributed by atoms with Gasteiger partial charge in [-0.1, -0.05) is 32.9 Å². The molecule has 9 heteroatoms. The van der Waals surface area contributed by atoms with Crippen LogP contribution in [0.15, 0.2) is 41.5 Å². The molecule has 0 aliphatic carbocycles. The zero-order valence-corrected chi connectivity index (χ0v) is 22.5. The van der Waals surface area contributed by atoms with Crippen LogP contribution in [0.3, 0.4) is 0 Å². The average molecular weight is 521 g/mol. The molecule has 7 atom stereocenters. The van der Waals surface area contributed by atoms with Crippen LogP contribution in [0.1, 0.15) is 65.5 Å². The number of carbonyl (C=O) groups is 2. The first-order chi connectivity index (χ1) is 17.3. The van der Waals surface area contributed by atoms with E-state index in [0.717, 1.165) is 5.57 Å². The van der Waals surface area contributed by atoms with Gasteiger partial charge in [-0.15, -0.1) is 0 Å². The number of methoxy groups -OCH3 is 1. The number of allylic oxidation sites excluding steroid dienone is 1. The van der Waals surface area contributed by atoms with Gasteiger partial charge in [-0.2, -0.15) is 0 Å². The van der Waals surface area contributed by atoms with E-state index in [2.05, 4.69) is 5.32 Å². The van der Waals surface area contributed by atoms with Crippen LogP contribution in [0.25, 0.3) is 0 Å². The molecule has 0 saturated carbocycles. The summed E-state index contributed by atoms with van der Waals surface area (Å²) in [6.07, 6.45) is 0.908. The topological polar surface area (TPSA) is 131 Å².